The van der Waals surface area contributed by atoms with Gasteiger partial charge >= 0.3 is 20.4 Å². The summed E-state index contributed by atoms with van der Waals surface area (Å²) in [5.74, 6) is -1.12. The molecule has 6 nitrogen and oxygen atoms in total. The standard InChI is InChI=1S/3C5H8O2.Re/c3*1-4(6)3-5(2)7;/h3*3,6H,1-2H3;/q;;;+3/p-3/b3*4-3-;. The van der Waals surface area contributed by atoms with Gasteiger partial charge in [0.25, 0.3) is 0 Å². The summed E-state index contributed by atoms with van der Waals surface area (Å²) in [5.41, 5.74) is 0. The molecule has 7 heteroatoms. The Hall–Kier alpha value is -1.71. The molecule has 0 aliphatic heterocycles. The smallest absolute Gasteiger partial charge is 0.876 e. The minimum Gasteiger partial charge on any atom is -0.876 e. The van der Waals surface area contributed by atoms with Crippen molar-refractivity contribution in [1.29, 1.82) is 0 Å². The van der Waals surface area contributed by atoms with Gasteiger partial charge in [-0.2, -0.15) is 0 Å². The van der Waals surface area contributed by atoms with Crippen LogP contribution in [0.3, 0.4) is 0 Å². The van der Waals surface area contributed by atoms with Gasteiger partial charge in [0.2, 0.25) is 0 Å². The molecular formula is C15H21O6Re. The third-order valence-corrected chi connectivity index (χ3v) is 1.22. The Morgan fingerprint density at radius 2 is 0.682 bits per heavy atom. The molecule has 22 heavy (non-hydrogen) atoms. The largest absolute Gasteiger partial charge is 3.00 e. The average molecular weight is 484 g/mol. The second kappa shape index (κ2) is 17.3. The fourth-order valence-corrected chi connectivity index (χ4v) is 0.859. The van der Waals surface area contributed by atoms with Gasteiger partial charge in [0.15, 0.2) is 17.3 Å². The van der Waals surface area contributed by atoms with E-state index in [1.807, 2.05) is 0 Å². The molecule has 124 valence electrons. The van der Waals surface area contributed by atoms with E-state index in [-0.39, 0.29) is 55.1 Å². The molecule has 0 saturated carbocycles. The number of carbonyl (C=O) groups excluding carboxylic acids is 3. The Bertz CT molecular complexity index is 368. The van der Waals surface area contributed by atoms with Gasteiger partial charge in [-0.3, -0.25) is 14.4 Å². The molecule has 0 aromatic heterocycles. The maximum absolute atomic E-state index is 9.98. The number of allylic oxidation sites excluding steroid dienone is 6. The van der Waals surface area contributed by atoms with Gasteiger partial charge < -0.3 is 15.3 Å². The third kappa shape index (κ3) is 51.6. The van der Waals surface area contributed by atoms with Crippen LogP contribution in [-0.4, -0.2) is 17.3 Å². The summed E-state index contributed by atoms with van der Waals surface area (Å²) in [7, 11) is 0. The van der Waals surface area contributed by atoms with Gasteiger partial charge in [0.05, 0.1) is 0 Å². The molecule has 0 N–H and O–H groups in total. The molecule has 0 fully saturated rings. The van der Waals surface area contributed by atoms with E-state index in [0.29, 0.717) is 0 Å². The molecule has 0 rings (SSSR count). The molecule has 0 radical (unpaired) electrons. The summed E-state index contributed by atoms with van der Waals surface area (Å²) >= 11 is 0. The van der Waals surface area contributed by atoms with Gasteiger partial charge in [-0.1, -0.05) is 20.8 Å². The number of hydrogen-bond donors (Lipinski definition) is 0. The maximum atomic E-state index is 9.98. The summed E-state index contributed by atoms with van der Waals surface area (Å²) in [6.45, 7) is 8.09. The van der Waals surface area contributed by atoms with Crippen LogP contribution in [0.25, 0.3) is 0 Å². The third-order valence-electron chi connectivity index (χ3n) is 1.22. The summed E-state index contributed by atoms with van der Waals surface area (Å²) < 4.78 is 0. The Morgan fingerprint density at radius 1 is 0.545 bits per heavy atom. The first-order valence-electron chi connectivity index (χ1n) is 5.96. The summed E-state index contributed by atoms with van der Waals surface area (Å²) in [6, 6.07) is 0. The van der Waals surface area contributed by atoms with Crippen molar-refractivity contribution in [3.05, 3.63) is 35.5 Å². The van der Waals surface area contributed by atoms with Gasteiger partial charge in [-0.15, -0.1) is 17.3 Å². The van der Waals surface area contributed by atoms with Crippen LogP contribution in [0.1, 0.15) is 41.5 Å². The molecule has 0 heterocycles. The molecule has 0 spiro atoms. The average Bonchev–Trinajstić information content (AvgIpc) is 2.10. The number of hydrogen-bond acceptors (Lipinski definition) is 6. The van der Waals surface area contributed by atoms with Crippen molar-refractivity contribution in [1.82, 2.24) is 0 Å². The van der Waals surface area contributed by atoms with E-state index in [1.165, 1.54) is 41.5 Å². The first-order valence-corrected chi connectivity index (χ1v) is 5.96. The van der Waals surface area contributed by atoms with Crippen molar-refractivity contribution >= 4 is 17.3 Å². The molecule has 0 aromatic carbocycles. The van der Waals surface area contributed by atoms with Gasteiger partial charge in [-0.25, -0.2) is 0 Å². The van der Waals surface area contributed by atoms with E-state index in [2.05, 4.69) is 0 Å². The minimum atomic E-state index is -0.187. The molecule has 0 atom stereocenters. The molecule has 0 aliphatic rings. The van der Waals surface area contributed by atoms with Crippen LogP contribution in [-0.2, 0) is 34.8 Å². The molecule has 0 saturated heterocycles. The molecular weight excluding hydrogens is 462 g/mol. The number of rotatable bonds is 3. The van der Waals surface area contributed by atoms with Crippen LogP contribution in [0.15, 0.2) is 35.5 Å². The quantitative estimate of drug-likeness (QED) is 0.395. The second-order valence-corrected chi connectivity index (χ2v) is 4.10. The van der Waals surface area contributed by atoms with E-state index in [1.54, 1.807) is 0 Å². The van der Waals surface area contributed by atoms with Crippen molar-refractivity contribution in [2.45, 2.75) is 41.5 Å². The summed E-state index contributed by atoms with van der Waals surface area (Å²) in [6.07, 6.45) is 3.17. The molecule has 0 unspecified atom stereocenters. The Balaban J connectivity index is -0.000000108. The van der Waals surface area contributed by atoms with Gasteiger partial charge in [0.1, 0.15) is 0 Å². The monoisotopic (exact) mass is 484 g/mol. The topological polar surface area (TPSA) is 120 Å². The molecule has 0 bridgehead atoms. The fraction of sp³-hybridized carbons (Fsp3) is 0.400. The zero-order valence-corrected chi connectivity index (χ0v) is 16.3. The van der Waals surface area contributed by atoms with E-state index in [4.69, 9.17) is 0 Å². The van der Waals surface area contributed by atoms with Crippen molar-refractivity contribution in [2.24, 2.45) is 0 Å². The van der Waals surface area contributed by atoms with Crippen molar-refractivity contribution in [3.8, 4) is 0 Å². The van der Waals surface area contributed by atoms with E-state index >= 15 is 0 Å². The normalized spacial score (nSPS) is 10.9. The Morgan fingerprint density at radius 3 is 0.682 bits per heavy atom. The van der Waals surface area contributed by atoms with Crippen LogP contribution >= 0.6 is 0 Å². The summed E-state index contributed by atoms with van der Waals surface area (Å²) in [5, 5.41) is 29.9. The zero-order valence-electron chi connectivity index (χ0n) is 13.6. The molecule has 0 aromatic rings. The minimum absolute atomic E-state index is 0. The van der Waals surface area contributed by atoms with E-state index in [0.717, 1.165) is 18.2 Å². The second-order valence-electron chi connectivity index (χ2n) is 4.10. The molecule has 0 amide bonds. The predicted octanol–water partition coefficient (Wildman–Crippen LogP) is -0.484. The first-order chi connectivity index (χ1) is 9.38. The summed E-state index contributed by atoms with van der Waals surface area (Å²) in [4.78, 5) is 29.9. The van der Waals surface area contributed by atoms with Crippen LogP contribution in [0, 0.1) is 0 Å². The van der Waals surface area contributed by atoms with Crippen molar-refractivity contribution in [2.75, 3.05) is 0 Å². The van der Waals surface area contributed by atoms with Crippen LogP contribution in [0.4, 0.5) is 0 Å². The van der Waals surface area contributed by atoms with E-state index < -0.39 is 0 Å². The maximum Gasteiger partial charge on any atom is 3.00 e. The van der Waals surface area contributed by atoms with Crippen molar-refractivity contribution in [3.63, 3.8) is 0 Å². The van der Waals surface area contributed by atoms with Crippen LogP contribution < -0.4 is 15.3 Å². The number of ketones is 3. The first kappa shape index (κ1) is 28.5. The SMILES string of the molecule is CC(=O)/C=C(/C)[O-].CC(=O)/C=C(/C)[O-].CC(=O)/C=C(/C)[O-].[Re+3]. The van der Waals surface area contributed by atoms with Crippen LogP contribution in [0.5, 0.6) is 0 Å². The van der Waals surface area contributed by atoms with E-state index in [9.17, 15) is 29.7 Å². The Labute approximate surface area is 144 Å². The predicted molar refractivity (Wildman–Crippen MR) is 73.3 cm³/mol. The van der Waals surface area contributed by atoms with Gasteiger partial charge in [-0.05, 0) is 39.0 Å². The molecule has 0 aliphatic carbocycles. The zero-order chi connectivity index (χ0) is 17.6. The van der Waals surface area contributed by atoms with Crippen molar-refractivity contribution < 1.29 is 50.1 Å². The van der Waals surface area contributed by atoms with Gasteiger partial charge in [0, 0.05) is 0 Å². The Kier molecular flexibility index (Phi) is 22.4. The number of carbonyl (C=O) groups is 3. The van der Waals surface area contributed by atoms with Crippen LogP contribution in [0.2, 0.25) is 0 Å². The fourth-order valence-electron chi connectivity index (χ4n) is 0.859.